The molecule has 1 saturated heterocycles. The molecule has 0 aromatic rings. The summed E-state index contributed by atoms with van der Waals surface area (Å²) in [6.45, 7) is 6.01. The van der Waals surface area contributed by atoms with Gasteiger partial charge in [-0.15, -0.1) is 0 Å². The zero-order valence-electron chi connectivity index (χ0n) is 11.4. The van der Waals surface area contributed by atoms with E-state index >= 15 is 0 Å². The van der Waals surface area contributed by atoms with E-state index in [4.69, 9.17) is 0 Å². The number of carbonyl (C=O) groups is 1. The molecule has 0 radical (unpaired) electrons. The van der Waals surface area contributed by atoms with Crippen LogP contribution in [0.25, 0.3) is 0 Å². The summed E-state index contributed by atoms with van der Waals surface area (Å²) >= 11 is 1.90. The van der Waals surface area contributed by atoms with E-state index in [0.29, 0.717) is 11.8 Å². The molecule has 0 aliphatic carbocycles. The Bertz CT molecular complexity index is 233. The van der Waals surface area contributed by atoms with Gasteiger partial charge in [0.15, 0.2) is 0 Å². The van der Waals surface area contributed by atoms with Crippen LogP contribution in [-0.2, 0) is 4.79 Å². The molecule has 0 aromatic carbocycles. The minimum atomic E-state index is 0.0706. The molecule has 1 heterocycles. The molecule has 100 valence electrons. The predicted octanol–water partition coefficient (Wildman–Crippen LogP) is 2.32. The fraction of sp³-hybridized carbons (Fsp3) is 0.923. The van der Waals surface area contributed by atoms with Crippen molar-refractivity contribution in [3.05, 3.63) is 0 Å². The Balaban J connectivity index is 2.16. The molecule has 1 N–H and O–H groups in total. The Morgan fingerprint density at radius 1 is 1.41 bits per heavy atom. The van der Waals surface area contributed by atoms with E-state index in [1.54, 1.807) is 0 Å². The number of hydrogen-bond donors (Lipinski definition) is 1. The summed E-state index contributed by atoms with van der Waals surface area (Å²) < 4.78 is 0. The van der Waals surface area contributed by atoms with Crippen LogP contribution in [-0.4, -0.2) is 42.1 Å². The lowest BCUT2D eigenvalue weighted by molar-refractivity contribution is -0.129. The molecule has 1 aliphatic rings. The number of rotatable bonds is 8. The van der Waals surface area contributed by atoms with Crippen molar-refractivity contribution in [3.63, 3.8) is 0 Å². The van der Waals surface area contributed by atoms with Crippen LogP contribution in [0.3, 0.4) is 0 Å². The topological polar surface area (TPSA) is 32.3 Å². The number of nitrogens with one attached hydrogen (secondary N) is 1. The SMILES string of the molecule is CSCCCCCN1CNC(CC(C)C)C1=O. The summed E-state index contributed by atoms with van der Waals surface area (Å²) in [6.07, 6.45) is 6.75. The zero-order chi connectivity index (χ0) is 12.7. The first-order valence-electron chi connectivity index (χ1n) is 6.66. The third-order valence-corrected chi connectivity index (χ3v) is 3.82. The highest BCUT2D eigenvalue weighted by atomic mass is 32.2. The van der Waals surface area contributed by atoms with E-state index in [0.717, 1.165) is 26.1 Å². The molecule has 0 bridgehead atoms. The summed E-state index contributed by atoms with van der Waals surface area (Å²) in [5, 5.41) is 3.31. The number of thioether (sulfide) groups is 1. The van der Waals surface area contributed by atoms with Gasteiger partial charge >= 0.3 is 0 Å². The van der Waals surface area contributed by atoms with Crippen LogP contribution in [0.4, 0.5) is 0 Å². The summed E-state index contributed by atoms with van der Waals surface area (Å²) in [5.41, 5.74) is 0. The molecule has 0 aromatic heterocycles. The van der Waals surface area contributed by atoms with Crippen LogP contribution >= 0.6 is 11.8 Å². The van der Waals surface area contributed by atoms with Gasteiger partial charge in [0.05, 0.1) is 12.7 Å². The van der Waals surface area contributed by atoms with E-state index in [9.17, 15) is 4.79 Å². The van der Waals surface area contributed by atoms with Crippen LogP contribution in [0.15, 0.2) is 0 Å². The third-order valence-electron chi connectivity index (χ3n) is 3.12. The fourth-order valence-electron chi connectivity index (χ4n) is 2.18. The van der Waals surface area contributed by atoms with Crippen molar-refractivity contribution in [2.24, 2.45) is 5.92 Å². The van der Waals surface area contributed by atoms with Gasteiger partial charge in [0.1, 0.15) is 0 Å². The van der Waals surface area contributed by atoms with Crippen LogP contribution in [0.5, 0.6) is 0 Å². The zero-order valence-corrected chi connectivity index (χ0v) is 12.2. The summed E-state index contributed by atoms with van der Waals surface area (Å²) in [6, 6.07) is 0.0706. The first kappa shape index (κ1) is 14.8. The molecule has 3 nitrogen and oxygen atoms in total. The van der Waals surface area contributed by atoms with E-state index in [-0.39, 0.29) is 6.04 Å². The summed E-state index contributed by atoms with van der Waals surface area (Å²) in [5.74, 6) is 2.13. The molecule has 1 amide bonds. The average molecular weight is 258 g/mol. The molecule has 1 unspecified atom stereocenters. The largest absolute Gasteiger partial charge is 0.329 e. The van der Waals surface area contributed by atoms with Gasteiger partial charge in [0.25, 0.3) is 0 Å². The average Bonchev–Trinajstić information content (AvgIpc) is 2.60. The van der Waals surface area contributed by atoms with Crippen molar-refractivity contribution < 1.29 is 4.79 Å². The summed E-state index contributed by atoms with van der Waals surface area (Å²) in [4.78, 5) is 14.0. The lowest BCUT2D eigenvalue weighted by Gasteiger charge is -2.15. The lowest BCUT2D eigenvalue weighted by Crippen LogP contribution is -2.32. The van der Waals surface area contributed by atoms with Gasteiger partial charge in [-0.1, -0.05) is 20.3 Å². The van der Waals surface area contributed by atoms with Crippen molar-refractivity contribution in [2.45, 2.75) is 45.6 Å². The maximum atomic E-state index is 12.0. The number of carbonyl (C=O) groups excluding carboxylic acids is 1. The van der Waals surface area contributed by atoms with Gasteiger partial charge in [-0.3, -0.25) is 10.1 Å². The van der Waals surface area contributed by atoms with Crippen LogP contribution in [0.1, 0.15) is 39.5 Å². The number of amides is 1. The normalized spacial score (nSPS) is 20.6. The molecular formula is C13H26N2OS. The molecule has 0 saturated carbocycles. The second kappa shape index (κ2) is 7.98. The molecule has 1 aliphatic heterocycles. The molecule has 1 fully saturated rings. The van der Waals surface area contributed by atoms with Crippen molar-refractivity contribution in [1.82, 2.24) is 10.2 Å². The highest BCUT2D eigenvalue weighted by molar-refractivity contribution is 7.98. The molecular weight excluding hydrogens is 232 g/mol. The van der Waals surface area contributed by atoms with Crippen molar-refractivity contribution in [3.8, 4) is 0 Å². The monoisotopic (exact) mass is 258 g/mol. The lowest BCUT2D eigenvalue weighted by atomic mass is 10.0. The van der Waals surface area contributed by atoms with E-state index in [2.05, 4.69) is 25.4 Å². The summed E-state index contributed by atoms with van der Waals surface area (Å²) in [7, 11) is 0. The first-order valence-corrected chi connectivity index (χ1v) is 8.05. The minimum absolute atomic E-state index is 0.0706. The smallest absolute Gasteiger partial charge is 0.240 e. The molecule has 1 rings (SSSR count). The highest BCUT2D eigenvalue weighted by Gasteiger charge is 2.30. The predicted molar refractivity (Wildman–Crippen MR) is 75.2 cm³/mol. The van der Waals surface area contributed by atoms with Crippen LogP contribution in [0.2, 0.25) is 0 Å². The second-order valence-electron chi connectivity index (χ2n) is 5.20. The van der Waals surface area contributed by atoms with Crippen molar-refractivity contribution in [2.75, 3.05) is 25.2 Å². The molecule has 1 atom stereocenters. The van der Waals surface area contributed by atoms with Crippen LogP contribution in [0, 0.1) is 5.92 Å². The van der Waals surface area contributed by atoms with Crippen molar-refractivity contribution >= 4 is 17.7 Å². The van der Waals surface area contributed by atoms with Gasteiger partial charge in [0.2, 0.25) is 5.91 Å². The van der Waals surface area contributed by atoms with Crippen molar-refractivity contribution in [1.29, 1.82) is 0 Å². The Labute approximate surface area is 110 Å². The van der Waals surface area contributed by atoms with Crippen LogP contribution < -0.4 is 5.32 Å². The van der Waals surface area contributed by atoms with E-state index in [1.807, 2.05) is 16.7 Å². The number of unbranched alkanes of at least 4 members (excludes halogenated alkanes) is 2. The first-order chi connectivity index (χ1) is 8.15. The van der Waals surface area contributed by atoms with Gasteiger partial charge in [-0.05, 0) is 37.2 Å². The molecule has 0 spiro atoms. The maximum absolute atomic E-state index is 12.0. The van der Waals surface area contributed by atoms with E-state index in [1.165, 1.54) is 18.6 Å². The maximum Gasteiger partial charge on any atom is 0.240 e. The van der Waals surface area contributed by atoms with Gasteiger partial charge < -0.3 is 4.90 Å². The molecule has 17 heavy (non-hydrogen) atoms. The fourth-order valence-corrected chi connectivity index (χ4v) is 2.67. The van der Waals surface area contributed by atoms with Gasteiger partial charge in [-0.25, -0.2) is 0 Å². The standard InChI is InChI=1S/C13H26N2OS/c1-11(2)9-12-13(16)15(10-14-12)7-5-4-6-8-17-3/h11-12,14H,4-10H2,1-3H3. The molecule has 4 heteroatoms. The Hall–Kier alpha value is -0.220. The Morgan fingerprint density at radius 3 is 2.82 bits per heavy atom. The Kier molecular flexibility index (Phi) is 6.97. The highest BCUT2D eigenvalue weighted by Crippen LogP contribution is 2.13. The second-order valence-corrected chi connectivity index (χ2v) is 6.19. The van der Waals surface area contributed by atoms with E-state index < -0.39 is 0 Å². The third kappa shape index (κ3) is 5.30. The van der Waals surface area contributed by atoms with Gasteiger partial charge in [-0.2, -0.15) is 11.8 Å². The van der Waals surface area contributed by atoms with Gasteiger partial charge in [0, 0.05) is 6.54 Å². The number of hydrogen-bond acceptors (Lipinski definition) is 3. The minimum Gasteiger partial charge on any atom is -0.329 e. The quantitative estimate of drug-likeness (QED) is 0.678. The Morgan fingerprint density at radius 2 is 2.18 bits per heavy atom. The number of nitrogens with zero attached hydrogens (tertiary/aromatic N) is 1.